The molecule has 8 heavy (non-hydrogen) atoms. The van der Waals surface area contributed by atoms with Crippen molar-refractivity contribution in [3.05, 3.63) is 36.0 Å². The Kier molecular flexibility index (Phi) is 2.01. The molecule has 0 aromatic rings. The van der Waals surface area contributed by atoms with Gasteiger partial charge < -0.3 is 0 Å². The maximum atomic E-state index is 3.33. The molecular formula is C7H6Br+. The first-order chi connectivity index (χ1) is 3.93. The van der Waals surface area contributed by atoms with Gasteiger partial charge in [-0.05, 0) is 0 Å². The molecule has 1 aliphatic carbocycles. The third kappa shape index (κ3) is 1.29. The summed E-state index contributed by atoms with van der Waals surface area (Å²) in [6.07, 6.45) is 11.0. The summed E-state index contributed by atoms with van der Waals surface area (Å²) in [5, 5.41) is 0.897. The molecule has 0 amide bonds. The highest BCUT2D eigenvalue weighted by atomic mass is 79.9. The molecule has 0 saturated heterocycles. The second kappa shape index (κ2) is 2.81. The molecule has 0 radical (unpaired) electrons. The summed E-state index contributed by atoms with van der Waals surface area (Å²) in [5.41, 5.74) is 1.20. The highest BCUT2D eigenvalue weighted by Crippen LogP contribution is 2.04. The zero-order chi connectivity index (χ0) is 5.82. The van der Waals surface area contributed by atoms with E-state index in [2.05, 4.69) is 22.0 Å². The lowest BCUT2D eigenvalue weighted by Gasteiger charge is -1.83. The molecule has 1 heteroatoms. The SMILES string of the molecule is BrCC1=CC=CC=[C+]1. The first kappa shape index (κ1) is 5.74. The highest BCUT2D eigenvalue weighted by Gasteiger charge is 1.98. The number of allylic oxidation sites excluding steroid dienone is 6. The Balaban J connectivity index is 2.68. The fourth-order valence-electron chi connectivity index (χ4n) is 0.514. The molecule has 0 aliphatic heterocycles. The van der Waals surface area contributed by atoms with Crippen LogP contribution in [0.3, 0.4) is 0 Å². The van der Waals surface area contributed by atoms with Gasteiger partial charge in [-0.3, -0.25) is 0 Å². The first-order valence-electron chi connectivity index (χ1n) is 2.45. The number of hydrogen-bond donors (Lipinski definition) is 0. The van der Waals surface area contributed by atoms with Crippen molar-refractivity contribution < 1.29 is 0 Å². The van der Waals surface area contributed by atoms with Gasteiger partial charge in [0.05, 0.1) is 11.4 Å². The topological polar surface area (TPSA) is 0 Å². The highest BCUT2D eigenvalue weighted by molar-refractivity contribution is 9.09. The number of alkyl halides is 1. The standard InChI is InChI=1S/C7H6Br/c8-6-7-4-2-1-3-5-7/h1-4H,6H2/q+1. The lowest BCUT2D eigenvalue weighted by Crippen LogP contribution is -1.79. The summed E-state index contributed by atoms with van der Waals surface area (Å²) >= 11 is 3.33. The van der Waals surface area contributed by atoms with Gasteiger partial charge in [-0.15, -0.1) is 0 Å². The van der Waals surface area contributed by atoms with Gasteiger partial charge in [-0.1, -0.05) is 15.9 Å². The predicted molar refractivity (Wildman–Crippen MR) is 38.8 cm³/mol. The Hall–Kier alpha value is -0.390. The molecular weight excluding hydrogens is 164 g/mol. The Morgan fingerprint density at radius 1 is 1.50 bits per heavy atom. The Morgan fingerprint density at radius 2 is 2.38 bits per heavy atom. The van der Waals surface area contributed by atoms with Crippen molar-refractivity contribution in [3.8, 4) is 0 Å². The summed E-state index contributed by atoms with van der Waals surface area (Å²) in [6, 6.07) is 0. The summed E-state index contributed by atoms with van der Waals surface area (Å²) in [5.74, 6) is 0. The van der Waals surface area contributed by atoms with Crippen molar-refractivity contribution in [1.82, 2.24) is 0 Å². The number of halogens is 1. The van der Waals surface area contributed by atoms with Crippen molar-refractivity contribution in [1.29, 1.82) is 0 Å². The molecule has 0 bridgehead atoms. The monoisotopic (exact) mass is 169 g/mol. The van der Waals surface area contributed by atoms with Crippen LogP contribution in [0.2, 0.25) is 0 Å². The largest absolute Gasteiger partial charge is 0.126 e. The van der Waals surface area contributed by atoms with E-state index in [9.17, 15) is 0 Å². The molecule has 40 valence electrons. The molecule has 0 N–H and O–H groups in total. The molecule has 0 fully saturated rings. The number of hydrogen-bond acceptors (Lipinski definition) is 0. The minimum atomic E-state index is 0.897. The molecule has 0 saturated carbocycles. The predicted octanol–water partition coefficient (Wildman–Crippen LogP) is 2.24. The van der Waals surface area contributed by atoms with Crippen molar-refractivity contribution in [2.75, 3.05) is 5.33 Å². The van der Waals surface area contributed by atoms with Crippen LogP contribution in [-0.4, -0.2) is 5.33 Å². The Morgan fingerprint density at radius 3 is 2.75 bits per heavy atom. The second-order valence-corrected chi connectivity index (χ2v) is 2.08. The fourth-order valence-corrected chi connectivity index (χ4v) is 0.862. The number of rotatable bonds is 1. The third-order valence-electron chi connectivity index (χ3n) is 0.917. The quantitative estimate of drug-likeness (QED) is 0.418. The van der Waals surface area contributed by atoms with Crippen LogP contribution in [0.5, 0.6) is 0 Å². The van der Waals surface area contributed by atoms with Crippen LogP contribution in [0.25, 0.3) is 0 Å². The smallest absolute Gasteiger partial charge is 0.0842 e. The molecule has 0 heterocycles. The van der Waals surface area contributed by atoms with E-state index in [0.717, 1.165) is 5.33 Å². The molecule has 0 unspecified atom stereocenters. The van der Waals surface area contributed by atoms with Gasteiger partial charge in [-0.2, -0.15) is 0 Å². The van der Waals surface area contributed by atoms with E-state index in [-0.39, 0.29) is 0 Å². The van der Waals surface area contributed by atoms with Gasteiger partial charge in [0, 0.05) is 18.2 Å². The van der Waals surface area contributed by atoms with Crippen LogP contribution >= 0.6 is 15.9 Å². The lowest BCUT2D eigenvalue weighted by molar-refractivity contribution is 1.49. The Labute approximate surface area is 57.7 Å². The van der Waals surface area contributed by atoms with E-state index in [0.29, 0.717) is 0 Å². The normalized spacial score (nSPS) is 15.4. The van der Waals surface area contributed by atoms with Crippen LogP contribution in [0, 0.1) is 6.08 Å². The summed E-state index contributed by atoms with van der Waals surface area (Å²) < 4.78 is 0. The van der Waals surface area contributed by atoms with E-state index >= 15 is 0 Å². The Bertz CT molecular complexity index is 152. The molecule has 0 aromatic carbocycles. The molecule has 0 atom stereocenters. The van der Waals surface area contributed by atoms with Crippen LogP contribution < -0.4 is 0 Å². The maximum absolute atomic E-state index is 3.33. The van der Waals surface area contributed by atoms with Crippen LogP contribution in [0.1, 0.15) is 0 Å². The van der Waals surface area contributed by atoms with Gasteiger partial charge >= 0.3 is 0 Å². The first-order valence-corrected chi connectivity index (χ1v) is 3.57. The second-order valence-electron chi connectivity index (χ2n) is 1.52. The van der Waals surface area contributed by atoms with Crippen molar-refractivity contribution in [3.63, 3.8) is 0 Å². The third-order valence-corrected chi connectivity index (χ3v) is 1.52. The van der Waals surface area contributed by atoms with Crippen molar-refractivity contribution >= 4 is 15.9 Å². The van der Waals surface area contributed by atoms with Gasteiger partial charge in [0.1, 0.15) is 11.6 Å². The summed E-state index contributed by atoms with van der Waals surface area (Å²) in [7, 11) is 0. The average molecular weight is 170 g/mol. The van der Waals surface area contributed by atoms with Crippen LogP contribution in [0.4, 0.5) is 0 Å². The minimum absolute atomic E-state index is 0.897. The van der Waals surface area contributed by atoms with E-state index in [1.807, 2.05) is 24.3 Å². The van der Waals surface area contributed by atoms with E-state index in [4.69, 9.17) is 0 Å². The van der Waals surface area contributed by atoms with Gasteiger partial charge in [-0.25, -0.2) is 0 Å². The average Bonchev–Trinajstić information content (AvgIpc) is 1.90. The van der Waals surface area contributed by atoms with E-state index in [1.54, 1.807) is 0 Å². The van der Waals surface area contributed by atoms with E-state index in [1.165, 1.54) is 5.57 Å². The van der Waals surface area contributed by atoms with Crippen LogP contribution in [0.15, 0.2) is 29.9 Å². The van der Waals surface area contributed by atoms with Crippen LogP contribution in [-0.2, 0) is 0 Å². The maximum Gasteiger partial charge on any atom is 0.126 e. The molecule has 0 nitrogen and oxygen atoms in total. The lowest BCUT2D eigenvalue weighted by atomic mass is 10.2. The zero-order valence-corrected chi connectivity index (χ0v) is 5.98. The van der Waals surface area contributed by atoms with Gasteiger partial charge in [0.25, 0.3) is 0 Å². The minimum Gasteiger partial charge on any atom is -0.0842 e. The summed E-state index contributed by atoms with van der Waals surface area (Å²) in [6.45, 7) is 0. The van der Waals surface area contributed by atoms with Gasteiger partial charge in [0.15, 0.2) is 0 Å². The van der Waals surface area contributed by atoms with Crippen molar-refractivity contribution in [2.45, 2.75) is 0 Å². The fraction of sp³-hybridized carbons (Fsp3) is 0.143. The molecule has 1 rings (SSSR count). The summed E-state index contributed by atoms with van der Waals surface area (Å²) in [4.78, 5) is 0. The molecule has 0 aromatic heterocycles. The zero-order valence-electron chi connectivity index (χ0n) is 4.39. The van der Waals surface area contributed by atoms with Crippen molar-refractivity contribution in [2.24, 2.45) is 0 Å². The van der Waals surface area contributed by atoms with E-state index < -0.39 is 0 Å². The molecule has 1 aliphatic rings. The van der Waals surface area contributed by atoms with Gasteiger partial charge in [0.2, 0.25) is 0 Å². The molecule has 0 spiro atoms.